The van der Waals surface area contributed by atoms with Crippen LogP contribution in [0.15, 0.2) is 18.2 Å². The van der Waals surface area contributed by atoms with E-state index in [1.807, 2.05) is 22.6 Å². The summed E-state index contributed by atoms with van der Waals surface area (Å²) >= 11 is 7.88. The van der Waals surface area contributed by atoms with Crippen LogP contribution in [0.25, 0.3) is 0 Å². The van der Waals surface area contributed by atoms with Crippen molar-refractivity contribution in [3.63, 3.8) is 0 Å². The largest absolute Gasteiger partial charge is 0.468 e. The van der Waals surface area contributed by atoms with Gasteiger partial charge in [-0.1, -0.05) is 34.2 Å². The first-order valence-electron chi connectivity index (χ1n) is 4.91. The van der Waals surface area contributed by atoms with Crippen LogP contribution in [-0.2, 0) is 16.1 Å². The third-order valence-corrected chi connectivity index (χ3v) is 3.42. The van der Waals surface area contributed by atoms with Crippen LogP contribution in [0, 0.1) is 5.82 Å². The SMILES string of the molecule is COC(=O)C(I)CNCc1cc(F)ccc1Cl. The number of esters is 1. The van der Waals surface area contributed by atoms with E-state index >= 15 is 0 Å². The second kappa shape index (κ2) is 7.13. The molecule has 0 bridgehead atoms. The molecule has 0 aromatic heterocycles. The highest BCUT2D eigenvalue weighted by Gasteiger charge is 2.14. The predicted octanol–water partition coefficient (Wildman–Crippen LogP) is 2.55. The monoisotopic (exact) mass is 371 g/mol. The maximum Gasteiger partial charge on any atom is 0.319 e. The van der Waals surface area contributed by atoms with E-state index in [9.17, 15) is 9.18 Å². The fourth-order valence-electron chi connectivity index (χ4n) is 1.22. The summed E-state index contributed by atoms with van der Waals surface area (Å²) in [6, 6.07) is 4.19. The van der Waals surface area contributed by atoms with Crippen LogP contribution >= 0.6 is 34.2 Å². The quantitative estimate of drug-likeness (QED) is 0.491. The molecule has 0 radical (unpaired) electrons. The molecule has 0 heterocycles. The maximum atomic E-state index is 13.0. The van der Waals surface area contributed by atoms with Gasteiger partial charge in [0.05, 0.1) is 7.11 Å². The second-order valence-corrected chi connectivity index (χ2v) is 5.27. The molecule has 0 saturated carbocycles. The zero-order valence-electron chi connectivity index (χ0n) is 9.17. The van der Waals surface area contributed by atoms with Crippen molar-refractivity contribution < 1.29 is 13.9 Å². The maximum absolute atomic E-state index is 13.0. The van der Waals surface area contributed by atoms with Gasteiger partial charge in [0.15, 0.2) is 0 Å². The van der Waals surface area contributed by atoms with Crippen molar-refractivity contribution in [2.75, 3.05) is 13.7 Å². The van der Waals surface area contributed by atoms with Gasteiger partial charge in [-0.2, -0.15) is 0 Å². The Morgan fingerprint density at radius 1 is 1.65 bits per heavy atom. The van der Waals surface area contributed by atoms with E-state index in [-0.39, 0.29) is 15.7 Å². The molecule has 6 heteroatoms. The number of methoxy groups -OCH3 is 1. The molecule has 1 aromatic carbocycles. The van der Waals surface area contributed by atoms with Crippen molar-refractivity contribution in [3.05, 3.63) is 34.6 Å². The molecule has 1 atom stereocenters. The molecule has 0 aliphatic heterocycles. The standard InChI is InChI=1S/C11H12ClFINO2/c1-17-11(16)10(14)6-15-5-7-4-8(13)2-3-9(7)12/h2-4,10,15H,5-6H2,1H3. The van der Waals surface area contributed by atoms with Crippen LogP contribution in [0.2, 0.25) is 5.02 Å². The zero-order chi connectivity index (χ0) is 12.8. The number of nitrogens with one attached hydrogen (secondary N) is 1. The lowest BCUT2D eigenvalue weighted by molar-refractivity contribution is -0.139. The van der Waals surface area contributed by atoms with Crippen molar-refractivity contribution >= 4 is 40.2 Å². The van der Waals surface area contributed by atoms with Crippen LogP contribution in [-0.4, -0.2) is 23.5 Å². The molecule has 0 fully saturated rings. The average molecular weight is 372 g/mol. The summed E-state index contributed by atoms with van der Waals surface area (Å²) in [4.78, 5) is 11.1. The Bertz CT molecular complexity index is 403. The Balaban J connectivity index is 2.45. The summed E-state index contributed by atoms with van der Waals surface area (Å²) in [6.07, 6.45) is 0. The summed E-state index contributed by atoms with van der Waals surface area (Å²) in [5, 5.41) is 3.53. The van der Waals surface area contributed by atoms with E-state index in [1.165, 1.54) is 25.3 Å². The van der Waals surface area contributed by atoms with Gasteiger partial charge in [-0.25, -0.2) is 4.39 Å². The van der Waals surface area contributed by atoms with Crippen LogP contribution in [0.5, 0.6) is 0 Å². The molecule has 0 aliphatic rings. The molecule has 0 amide bonds. The smallest absolute Gasteiger partial charge is 0.319 e. The molecule has 1 N–H and O–H groups in total. The summed E-state index contributed by atoms with van der Waals surface area (Å²) in [6.45, 7) is 0.854. The van der Waals surface area contributed by atoms with Gasteiger partial charge in [0.25, 0.3) is 0 Å². The van der Waals surface area contributed by atoms with Gasteiger partial charge in [-0.3, -0.25) is 4.79 Å². The third-order valence-electron chi connectivity index (χ3n) is 2.10. The summed E-state index contributed by atoms with van der Waals surface area (Å²) in [5.41, 5.74) is 0.667. The first kappa shape index (κ1) is 14.7. The Kier molecular flexibility index (Phi) is 6.15. The summed E-state index contributed by atoms with van der Waals surface area (Å²) in [5.74, 6) is -0.617. The fraction of sp³-hybridized carbons (Fsp3) is 0.364. The lowest BCUT2D eigenvalue weighted by atomic mass is 10.2. The Morgan fingerprint density at radius 2 is 2.35 bits per heavy atom. The number of hydrogen-bond acceptors (Lipinski definition) is 3. The van der Waals surface area contributed by atoms with Gasteiger partial charge in [0.1, 0.15) is 9.74 Å². The number of rotatable bonds is 5. The number of carbonyl (C=O) groups is 1. The first-order chi connectivity index (χ1) is 8.04. The van der Waals surface area contributed by atoms with Crippen LogP contribution in [0.3, 0.4) is 0 Å². The Labute approximate surface area is 118 Å². The van der Waals surface area contributed by atoms with Crippen molar-refractivity contribution in [2.45, 2.75) is 10.5 Å². The molecule has 94 valence electrons. The minimum atomic E-state index is -0.329. The number of alkyl halides is 1. The predicted molar refractivity (Wildman–Crippen MR) is 72.9 cm³/mol. The molecule has 1 aromatic rings. The zero-order valence-corrected chi connectivity index (χ0v) is 12.1. The lowest BCUT2D eigenvalue weighted by Gasteiger charge is -2.10. The van der Waals surface area contributed by atoms with E-state index in [0.717, 1.165) is 0 Å². The number of halogens is 3. The van der Waals surface area contributed by atoms with E-state index in [1.54, 1.807) is 0 Å². The van der Waals surface area contributed by atoms with E-state index < -0.39 is 0 Å². The number of ether oxygens (including phenoxy) is 1. The third kappa shape index (κ3) is 4.77. The Hall–Kier alpha value is -0.400. The van der Waals surface area contributed by atoms with Gasteiger partial charge < -0.3 is 10.1 Å². The molecule has 1 rings (SSSR count). The normalized spacial score (nSPS) is 12.2. The van der Waals surface area contributed by atoms with Gasteiger partial charge >= 0.3 is 5.97 Å². The number of hydrogen-bond donors (Lipinski definition) is 1. The van der Waals surface area contributed by atoms with Crippen LogP contribution in [0.1, 0.15) is 5.56 Å². The molecule has 17 heavy (non-hydrogen) atoms. The molecule has 1 unspecified atom stereocenters. The number of carbonyl (C=O) groups excluding carboxylic acids is 1. The van der Waals surface area contributed by atoms with Gasteiger partial charge in [0.2, 0.25) is 0 Å². The minimum absolute atomic E-state index is 0.273. The second-order valence-electron chi connectivity index (χ2n) is 3.36. The topological polar surface area (TPSA) is 38.3 Å². The highest BCUT2D eigenvalue weighted by molar-refractivity contribution is 14.1. The van der Waals surface area contributed by atoms with E-state index in [0.29, 0.717) is 23.7 Å². The molecular formula is C11H12ClFINO2. The van der Waals surface area contributed by atoms with Gasteiger partial charge in [-0.05, 0) is 23.8 Å². The summed E-state index contributed by atoms with van der Waals surface area (Å²) < 4.78 is 17.3. The van der Waals surface area contributed by atoms with E-state index in [2.05, 4.69) is 10.1 Å². The lowest BCUT2D eigenvalue weighted by Crippen LogP contribution is -2.29. The van der Waals surface area contributed by atoms with Crippen molar-refractivity contribution in [1.29, 1.82) is 0 Å². The highest BCUT2D eigenvalue weighted by atomic mass is 127. The average Bonchev–Trinajstić information content (AvgIpc) is 2.32. The Morgan fingerprint density at radius 3 is 3.00 bits per heavy atom. The molecule has 0 saturated heterocycles. The molecule has 0 aliphatic carbocycles. The highest BCUT2D eigenvalue weighted by Crippen LogP contribution is 2.16. The first-order valence-corrected chi connectivity index (χ1v) is 6.53. The van der Waals surface area contributed by atoms with Crippen molar-refractivity contribution in [3.8, 4) is 0 Å². The number of benzene rings is 1. The van der Waals surface area contributed by atoms with Crippen LogP contribution in [0.4, 0.5) is 4.39 Å². The van der Waals surface area contributed by atoms with Crippen LogP contribution < -0.4 is 5.32 Å². The minimum Gasteiger partial charge on any atom is -0.468 e. The molecule has 0 spiro atoms. The van der Waals surface area contributed by atoms with Gasteiger partial charge in [0, 0.05) is 18.1 Å². The molecule has 3 nitrogen and oxygen atoms in total. The van der Waals surface area contributed by atoms with Crippen molar-refractivity contribution in [1.82, 2.24) is 5.32 Å². The van der Waals surface area contributed by atoms with Gasteiger partial charge in [-0.15, -0.1) is 0 Å². The van der Waals surface area contributed by atoms with E-state index in [4.69, 9.17) is 11.6 Å². The fourth-order valence-corrected chi connectivity index (χ4v) is 1.97. The van der Waals surface area contributed by atoms with Crippen molar-refractivity contribution in [2.24, 2.45) is 0 Å². The molecular weight excluding hydrogens is 359 g/mol. The summed E-state index contributed by atoms with van der Waals surface area (Å²) in [7, 11) is 1.34.